The average molecular weight is 326 g/mol. The monoisotopic (exact) mass is 326 g/mol. The molecule has 1 aromatic carbocycles. The Bertz CT molecular complexity index is 770. The van der Waals surface area contributed by atoms with Gasteiger partial charge in [0.1, 0.15) is 0 Å². The van der Waals surface area contributed by atoms with E-state index in [0.29, 0.717) is 12.2 Å². The van der Waals surface area contributed by atoms with Crippen molar-refractivity contribution >= 4 is 10.9 Å². The number of methoxy groups -OCH3 is 1. The molecule has 4 heteroatoms. The number of para-hydroxylation sites is 1. The van der Waals surface area contributed by atoms with Gasteiger partial charge in [-0.25, -0.2) is 0 Å². The van der Waals surface area contributed by atoms with E-state index in [1.54, 1.807) is 0 Å². The number of nitrogens with zero attached hydrogens (tertiary/aromatic N) is 1. The molecule has 2 bridgehead atoms. The van der Waals surface area contributed by atoms with Crippen LogP contribution in [0.1, 0.15) is 24.6 Å². The third-order valence-corrected chi connectivity index (χ3v) is 6.66. The summed E-state index contributed by atoms with van der Waals surface area (Å²) < 4.78 is 12.2. The van der Waals surface area contributed by atoms with Crippen molar-refractivity contribution in [1.29, 1.82) is 0 Å². The molecule has 0 radical (unpaired) electrons. The van der Waals surface area contributed by atoms with Crippen LogP contribution in [0.4, 0.5) is 0 Å². The predicted molar refractivity (Wildman–Crippen MR) is 94.3 cm³/mol. The van der Waals surface area contributed by atoms with Crippen molar-refractivity contribution < 1.29 is 9.47 Å². The quantitative estimate of drug-likeness (QED) is 0.863. The lowest BCUT2D eigenvalue weighted by molar-refractivity contribution is -0.0534. The third kappa shape index (κ3) is 2.03. The normalized spacial score (nSPS) is 37.9. The summed E-state index contributed by atoms with van der Waals surface area (Å²) in [7, 11) is 1.87. The number of hydrogen-bond donors (Lipinski definition) is 1. The Morgan fingerprint density at radius 1 is 1.38 bits per heavy atom. The number of piperidine rings is 1. The zero-order valence-corrected chi connectivity index (χ0v) is 14.5. The molecule has 2 fully saturated rings. The van der Waals surface area contributed by atoms with E-state index in [1.807, 2.05) is 7.11 Å². The number of H-pyrrole nitrogens is 1. The minimum atomic E-state index is 0.122. The van der Waals surface area contributed by atoms with Gasteiger partial charge in [0.25, 0.3) is 0 Å². The van der Waals surface area contributed by atoms with Gasteiger partial charge in [0.2, 0.25) is 0 Å². The van der Waals surface area contributed by atoms with Gasteiger partial charge in [-0.05, 0) is 24.5 Å². The summed E-state index contributed by atoms with van der Waals surface area (Å²) in [4.78, 5) is 6.30. The van der Waals surface area contributed by atoms with Crippen LogP contribution in [0.3, 0.4) is 0 Å². The van der Waals surface area contributed by atoms with Crippen molar-refractivity contribution in [3.63, 3.8) is 0 Å². The highest BCUT2D eigenvalue weighted by molar-refractivity contribution is 5.84. The Labute approximate surface area is 143 Å². The second kappa shape index (κ2) is 5.32. The summed E-state index contributed by atoms with van der Waals surface area (Å²) in [6.07, 6.45) is 4.17. The second-order valence-corrected chi connectivity index (χ2v) is 7.72. The molecule has 5 atom stereocenters. The standard InChI is InChI=1S/C20H26N2O2/c1-3-20-12-22(11-17-19(20)24-17)9-8-14-13-6-4-5-7-15(13)21-16(14)10-18(20)23-2/h4-7,17-19,21H,3,8-12H2,1-2H3/t17-,18?,19-,20+/m1/s1. The van der Waals surface area contributed by atoms with E-state index in [2.05, 4.69) is 41.1 Å². The van der Waals surface area contributed by atoms with E-state index in [4.69, 9.17) is 9.47 Å². The van der Waals surface area contributed by atoms with Gasteiger partial charge < -0.3 is 14.5 Å². The lowest BCUT2D eigenvalue weighted by Crippen LogP contribution is -2.55. The summed E-state index contributed by atoms with van der Waals surface area (Å²) >= 11 is 0. The number of ether oxygens (including phenoxy) is 2. The van der Waals surface area contributed by atoms with Crippen molar-refractivity contribution in [2.45, 2.75) is 44.5 Å². The summed E-state index contributed by atoms with van der Waals surface area (Å²) in [6, 6.07) is 8.70. The lowest BCUT2D eigenvalue weighted by atomic mass is 9.71. The fourth-order valence-corrected chi connectivity index (χ4v) is 5.30. The molecule has 1 N–H and O–H groups in total. The van der Waals surface area contributed by atoms with Crippen LogP contribution in [0, 0.1) is 5.41 Å². The number of benzene rings is 1. The van der Waals surface area contributed by atoms with Crippen LogP contribution in [0.5, 0.6) is 0 Å². The minimum absolute atomic E-state index is 0.122. The van der Waals surface area contributed by atoms with Crippen LogP contribution in [0.15, 0.2) is 24.3 Å². The van der Waals surface area contributed by atoms with Crippen molar-refractivity contribution in [2.24, 2.45) is 5.41 Å². The molecule has 0 saturated carbocycles. The fourth-order valence-electron chi connectivity index (χ4n) is 5.30. The van der Waals surface area contributed by atoms with Gasteiger partial charge in [-0.1, -0.05) is 25.1 Å². The van der Waals surface area contributed by atoms with E-state index in [-0.39, 0.29) is 11.5 Å². The number of aromatic amines is 1. The van der Waals surface area contributed by atoms with E-state index >= 15 is 0 Å². The van der Waals surface area contributed by atoms with Crippen LogP contribution in [-0.4, -0.2) is 54.9 Å². The first-order valence-electron chi connectivity index (χ1n) is 9.24. The molecule has 24 heavy (non-hydrogen) atoms. The SMILES string of the molecule is CC[C@]12CN(CCc3c([nH]c4ccccc34)CC1OC)C[C@H]1O[C@H]12. The molecule has 0 spiro atoms. The van der Waals surface area contributed by atoms with E-state index in [1.165, 1.54) is 22.2 Å². The molecule has 1 aromatic heterocycles. The molecule has 0 aliphatic carbocycles. The molecule has 3 aliphatic rings. The Balaban J connectivity index is 1.63. The van der Waals surface area contributed by atoms with E-state index in [0.717, 1.165) is 38.9 Å². The van der Waals surface area contributed by atoms with Gasteiger partial charge in [-0.2, -0.15) is 0 Å². The van der Waals surface area contributed by atoms with Crippen molar-refractivity contribution in [3.05, 3.63) is 35.5 Å². The van der Waals surface area contributed by atoms with Crippen LogP contribution >= 0.6 is 0 Å². The maximum absolute atomic E-state index is 6.09. The Morgan fingerprint density at radius 2 is 2.25 bits per heavy atom. The van der Waals surface area contributed by atoms with Crippen LogP contribution in [-0.2, 0) is 22.3 Å². The average Bonchev–Trinajstić information content (AvgIpc) is 3.30. The third-order valence-electron chi connectivity index (χ3n) is 6.66. The van der Waals surface area contributed by atoms with E-state index < -0.39 is 0 Å². The van der Waals surface area contributed by atoms with Gasteiger partial charge in [0.05, 0.1) is 18.3 Å². The molecule has 5 rings (SSSR count). The molecule has 128 valence electrons. The molecule has 2 saturated heterocycles. The topological polar surface area (TPSA) is 40.8 Å². The number of epoxide rings is 1. The Hall–Kier alpha value is -1.36. The molecular formula is C20H26N2O2. The number of aromatic nitrogens is 1. The minimum Gasteiger partial charge on any atom is -0.380 e. The number of nitrogens with one attached hydrogen (secondary N) is 1. The maximum Gasteiger partial charge on any atom is 0.0975 e. The molecule has 2 unspecified atom stereocenters. The summed E-state index contributed by atoms with van der Waals surface area (Å²) in [5.74, 6) is 0. The van der Waals surface area contributed by atoms with Crippen molar-refractivity contribution in [1.82, 2.24) is 9.88 Å². The van der Waals surface area contributed by atoms with Crippen LogP contribution in [0.25, 0.3) is 10.9 Å². The van der Waals surface area contributed by atoms with Crippen molar-refractivity contribution in [2.75, 3.05) is 26.7 Å². The predicted octanol–water partition coefficient (Wildman–Crippen LogP) is 2.76. The maximum atomic E-state index is 6.09. The molecule has 4 heterocycles. The number of fused-ring (bicyclic) bond motifs is 7. The van der Waals surface area contributed by atoms with Gasteiger partial charge >= 0.3 is 0 Å². The smallest absolute Gasteiger partial charge is 0.0975 e. The Morgan fingerprint density at radius 3 is 3.08 bits per heavy atom. The molecule has 2 aromatic rings. The first-order chi connectivity index (χ1) is 11.7. The zero-order valence-electron chi connectivity index (χ0n) is 14.5. The highest BCUT2D eigenvalue weighted by Crippen LogP contribution is 2.50. The zero-order chi connectivity index (χ0) is 16.3. The molecule has 0 amide bonds. The molecule has 4 nitrogen and oxygen atoms in total. The molecular weight excluding hydrogens is 300 g/mol. The molecule has 3 aliphatic heterocycles. The van der Waals surface area contributed by atoms with Gasteiger partial charge in [0, 0.05) is 55.2 Å². The van der Waals surface area contributed by atoms with Gasteiger partial charge in [-0.15, -0.1) is 0 Å². The summed E-state index contributed by atoms with van der Waals surface area (Å²) in [6.45, 7) is 5.60. The highest BCUT2D eigenvalue weighted by atomic mass is 16.6. The second-order valence-electron chi connectivity index (χ2n) is 7.72. The van der Waals surface area contributed by atoms with Crippen LogP contribution < -0.4 is 0 Å². The fraction of sp³-hybridized carbons (Fsp3) is 0.600. The van der Waals surface area contributed by atoms with Gasteiger partial charge in [0.15, 0.2) is 0 Å². The highest BCUT2D eigenvalue weighted by Gasteiger charge is 2.61. The number of rotatable bonds is 2. The Kier molecular flexibility index (Phi) is 3.31. The van der Waals surface area contributed by atoms with Crippen molar-refractivity contribution in [3.8, 4) is 0 Å². The number of hydrogen-bond acceptors (Lipinski definition) is 3. The van der Waals surface area contributed by atoms with Gasteiger partial charge in [-0.3, -0.25) is 4.90 Å². The summed E-state index contributed by atoms with van der Waals surface area (Å²) in [5.41, 5.74) is 4.23. The van der Waals surface area contributed by atoms with E-state index in [9.17, 15) is 0 Å². The first-order valence-corrected chi connectivity index (χ1v) is 9.24. The van der Waals surface area contributed by atoms with Crippen LogP contribution in [0.2, 0.25) is 0 Å². The summed E-state index contributed by atoms with van der Waals surface area (Å²) in [5, 5.41) is 1.38. The lowest BCUT2D eigenvalue weighted by Gasteiger charge is -2.44. The first kappa shape index (κ1) is 14.9. The largest absolute Gasteiger partial charge is 0.380 e.